The first-order valence-electron chi connectivity index (χ1n) is 5.88. The first-order chi connectivity index (χ1) is 9.18. The van der Waals surface area contributed by atoms with Gasteiger partial charge in [-0.25, -0.2) is 0 Å². The Morgan fingerprint density at radius 1 is 0.579 bits per heavy atom. The average Bonchev–Trinajstić information content (AvgIpc) is 2.42. The van der Waals surface area contributed by atoms with E-state index in [9.17, 15) is 10.2 Å². The summed E-state index contributed by atoms with van der Waals surface area (Å²) in [4.78, 5) is 0. The molecule has 0 unspecified atom stereocenters. The SMILES string of the molecule is Nc1ccccc1.Oc1cccc2c(O)cccc12. The summed E-state index contributed by atoms with van der Waals surface area (Å²) in [6, 6.07) is 19.6. The quantitative estimate of drug-likeness (QED) is 0.537. The van der Waals surface area contributed by atoms with Crippen LogP contribution in [-0.4, -0.2) is 10.2 Å². The minimum Gasteiger partial charge on any atom is -0.507 e. The van der Waals surface area contributed by atoms with Crippen LogP contribution in [0.2, 0.25) is 0 Å². The molecule has 0 saturated carbocycles. The van der Waals surface area contributed by atoms with E-state index < -0.39 is 0 Å². The van der Waals surface area contributed by atoms with Crippen LogP contribution in [0.25, 0.3) is 10.8 Å². The van der Waals surface area contributed by atoms with Crippen LogP contribution < -0.4 is 5.73 Å². The largest absolute Gasteiger partial charge is 0.507 e. The van der Waals surface area contributed by atoms with E-state index >= 15 is 0 Å². The van der Waals surface area contributed by atoms with E-state index in [4.69, 9.17) is 5.73 Å². The van der Waals surface area contributed by atoms with Gasteiger partial charge >= 0.3 is 0 Å². The fraction of sp³-hybridized carbons (Fsp3) is 0. The van der Waals surface area contributed by atoms with Crippen LogP contribution in [0.3, 0.4) is 0 Å². The highest BCUT2D eigenvalue weighted by atomic mass is 16.3. The number of para-hydroxylation sites is 1. The summed E-state index contributed by atoms with van der Waals surface area (Å²) in [5.41, 5.74) is 6.18. The van der Waals surface area contributed by atoms with E-state index in [2.05, 4.69) is 0 Å². The molecule has 0 fully saturated rings. The molecule has 0 bridgehead atoms. The Bertz CT molecular complexity index is 625. The van der Waals surface area contributed by atoms with Crippen molar-refractivity contribution in [3.05, 3.63) is 66.7 Å². The van der Waals surface area contributed by atoms with Crippen molar-refractivity contribution in [2.75, 3.05) is 5.73 Å². The molecule has 0 radical (unpaired) electrons. The van der Waals surface area contributed by atoms with Gasteiger partial charge in [-0.05, 0) is 24.3 Å². The highest BCUT2D eigenvalue weighted by Crippen LogP contribution is 2.29. The lowest BCUT2D eigenvalue weighted by Crippen LogP contribution is -1.79. The number of fused-ring (bicyclic) bond motifs is 1. The predicted octanol–water partition coefficient (Wildman–Crippen LogP) is 3.52. The summed E-state index contributed by atoms with van der Waals surface area (Å²) < 4.78 is 0. The highest BCUT2D eigenvalue weighted by molar-refractivity contribution is 5.92. The Morgan fingerprint density at radius 3 is 1.42 bits per heavy atom. The molecule has 0 aliphatic rings. The first-order valence-corrected chi connectivity index (χ1v) is 5.88. The Hall–Kier alpha value is -2.68. The van der Waals surface area contributed by atoms with Crippen molar-refractivity contribution in [2.24, 2.45) is 0 Å². The summed E-state index contributed by atoms with van der Waals surface area (Å²) in [6.45, 7) is 0. The molecular weight excluding hydrogens is 238 g/mol. The lowest BCUT2D eigenvalue weighted by molar-refractivity contribution is 0.475. The van der Waals surface area contributed by atoms with Gasteiger partial charge in [0.2, 0.25) is 0 Å². The van der Waals surface area contributed by atoms with Crippen molar-refractivity contribution in [1.82, 2.24) is 0 Å². The number of benzene rings is 3. The van der Waals surface area contributed by atoms with Crippen LogP contribution in [0.15, 0.2) is 66.7 Å². The van der Waals surface area contributed by atoms with Crippen LogP contribution in [0, 0.1) is 0 Å². The van der Waals surface area contributed by atoms with Crippen LogP contribution in [0.5, 0.6) is 11.5 Å². The predicted molar refractivity (Wildman–Crippen MR) is 78.1 cm³/mol. The standard InChI is InChI=1S/C10H8O2.C6H7N/c11-9-5-1-3-7-8(9)4-2-6-10(7)12;7-6-4-2-1-3-5-6/h1-6,11-12H;1-5H,7H2. The highest BCUT2D eigenvalue weighted by Gasteiger charge is 2.00. The van der Waals surface area contributed by atoms with Crippen LogP contribution in [-0.2, 0) is 0 Å². The fourth-order valence-electron chi connectivity index (χ4n) is 1.73. The zero-order chi connectivity index (χ0) is 13.7. The summed E-state index contributed by atoms with van der Waals surface area (Å²) in [5.74, 6) is 0.395. The number of nitrogen functional groups attached to an aromatic ring is 1. The summed E-state index contributed by atoms with van der Waals surface area (Å²) in [6.07, 6.45) is 0. The monoisotopic (exact) mass is 253 g/mol. The number of phenols is 2. The number of hydrogen-bond acceptors (Lipinski definition) is 3. The Kier molecular flexibility index (Phi) is 3.88. The van der Waals surface area contributed by atoms with E-state index in [1.165, 1.54) is 0 Å². The molecule has 3 heteroatoms. The second-order valence-electron chi connectivity index (χ2n) is 4.06. The third-order valence-corrected chi connectivity index (χ3v) is 2.68. The van der Waals surface area contributed by atoms with E-state index in [0.717, 1.165) is 5.69 Å². The fourth-order valence-corrected chi connectivity index (χ4v) is 1.73. The smallest absolute Gasteiger partial charge is 0.123 e. The average molecular weight is 253 g/mol. The molecule has 0 aliphatic heterocycles. The molecule has 19 heavy (non-hydrogen) atoms. The zero-order valence-corrected chi connectivity index (χ0v) is 10.3. The topological polar surface area (TPSA) is 66.5 Å². The molecule has 3 rings (SSSR count). The maximum absolute atomic E-state index is 9.38. The Morgan fingerprint density at radius 2 is 1.05 bits per heavy atom. The molecule has 3 aromatic rings. The molecule has 3 nitrogen and oxygen atoms in total. The van der Waals surface area contributed by atoms with Crippen molar-refractivity contribution in [1.29, 1.82) is 0 Å². The van der Waals surface area contributed by atoms with Gasteiger partial charge in [-0.3, -0.25) is 0 Å². The van der Waals surface area contributed by atoms with Crippen LogP contribution >= 0.6 is 0 Å². The molecule has 0 aliphatic carbocycles. The summed E-state index contributed by atoms with van der Waals surface area (Å²) >= 11 is 0. The Labute approximate surface area is 111 Å². The van der Waals surface area contributed by atoms with Crippen molar-refractivity contribution in [3.8, 4) is 11.5 Å². The van der Waals surface area contributed by atoms with E-state index in [0.29, 0.717) is 10.8 Å². The maximum Gasteiger partial charge on any atom is 0.123 e. The molecule has 0 saturated heterocycles. The van der Waals surface area contributed by atoms with Crippen molar-refractivity contribution in [3.63, 3.8) is 0 Å². The second kappa shape index (κ2) is 5.78. The van der Waals surface area contributed by atoms with E-state index in [-0.39, 0.29) is 11.5 Å². The van der Waals surface area contributed by atoms with Gasteiger partial charge in [0.25, 0.3) is 0 Å². The van der Waals surface area contributed by atoms with Gasteiger partial charge in [0.1, 0.15) is 11.5 Å². The van der Waals surface area contributed by atoms with Crippen LogP contribution in [0.4, 0.5) is 5.69 Å². The molecular formula is C16H15NO2. The van der Waals surface area contributed by atoms with E-state index in [1.54, 1.807) is 36.4 Å². The zero-order valence-electron chi connectivity index (χ0n) is 10.3. The number of hydrogen-bond donors (Lipinski definition) is 3. The normalized spacial score (nSPS) is 9.68. The molecule has 0 aromatic heterocycles. The number of nitrogens with two attached hydrogens (primary N) is 1. The van der Waals surface area contributed by atoms with Crippen molar-refractivity contribution >= 4 is 16.5 Å². The molecule has 4 N–H and O–H groups in total. The molecule has 0 amide bonds. The molecule has 96 valence electrons. The lowest BCUT2D eigenvalue weighted by atomic mass is 10.1. The second-order valence-corrected chi connectivity index (χ2v) is 4.06. The number of aromatic hydroxyl groups is 2. The van der Waals surface area contributed by atoms with Crippen molar-refractivity contribution < 1.29 is 10.2 Å². The maximum atomic E-state index is 9.38. The molecule has 0 atom stereocenters. The molecule has 0 heterocycles. The Balaban J connectivity index is 0.000000163. The van der Waals surface area contributed by atoms with Gasteiger partial charge in [0.05, 0.1) is 0 Å². The van der Waals surface area contributed by atoms with Gasteiger partial charge < -0.3 is 15.9 Å². The van der Waals surface area contributed by atoms with E-state index in [1.807, 2.05) is 30.3 Å². The van der Waals surface area contributed by atoms with Gasteiger partial charge in [-0.1, -0.05) is 42.5 Å². The minimum atomic E-state index is 0.198. The van der Waals surface area contributed by atoms with Gasteiger partial charge in [-0.15, -0.1) is 0 Å². The van der Waals surface area contributed by atoms with Crippen LogP contribution in [0.1, 0.15) is 0 Å². The number of phenolic OH excluding ortho intramolecular Hbond substituents is 2. The molecule has 0 spiro atoms. The lowest BCUT2D eigenvalue weighted by Gasteiger charge is -2.01. The number of rotatable bonds is 0. The minimum absolute atomic E-state index is 0.198. The summed E-state index contributed by atoms with van der Waals surface area (Å²) in [5, 5.41) is 20.1. The third kappa shape index (κ3) is 3.16. The summed E-state index contributed by atoms with van der Waals surface area (Å²) in [7, 11) is 0. The third-order valence-electron chi connectivity index (χ3n) is 2.68. The first kappa shape index (κ1) is 12.8. The van der Waals surface area contributed by atoms with Gasteiger partial charge in [0.15, 0.2) is 0 Å². The van der Waals surface area contributed by atoms with Gasteiger partial charge in [-0.2, -0.15) is 0 Å². The number of anilines is 1. The van der Waals surface area contributed by atoms with Crippen molar-refractivity contribution in [2.45, 2.75) is 0 Å². The van der Waals surface area contributed by atoms with Gasteiger partial charge in [0, 0.05) is 16.5 Å². The molecule has 3 aromatic carbocycles.